The van der Waals surface area contributed by atoms with Crippen molar-refractivity contribution in [2.75, 3.05) is 19.9 Å². The minimum absolute atomic E-state index is 0.319. The number of rotatable bonds is 5. The summed E-state index contributed by atoms with van der Waals surface area (Å²) in [6, 6.07) is 7.33. The van der Waals surface area contributed by atoms with Crippen LogP contribution in [0.25, 0.3) is 11.1 Å². The molecule has 2 heterocycles. The second-order valence-electron chi connectivity index (χ2n) is 7.18. The molecule has 0 radical (unpaired) electrons. The summed E-state index contributed by atoms with van der Waals surface area (Å²) < 4.78 is 33.0. The summed E-state index contributed by atoms with van der Waals surface area (Å²) in [6.07, 6.45) is 6.36. The Kier molecular flexibility index (Phi) is 6.04. The molecule has 1 amide bonds. The van der Waals surface area contributed by atoms with Gasteiger partial charge in [0, 0.05) is 31.4 Å². The Morgan fingerprint density at radius 3 is 2.79 bits per heavy atom. The van der Waals surface area contributed by atoms with Crippen LogP contribution in [-0.4, -0.2) is 61.2 Å². The van der Waals surface area contributed by atoms with Gasteiger partial charge in [-0.15, -0.1) is 0 Å². The van der Waals surface area contributed by atoms with Gasteiger partial charge in [0.15, 0.2) is 0 Å². The van der Waals surface area contributed by atoms with E-state index < -0.39 is 16.1 Å². The molecule has 2 aromatic rings. The number of aryl methyl sites for hydroxylation is 1. The van der Waals surface area contributed by atoms with Crippen LogP contribution in [0.4, 0.5) is 4.79 Å². The molecule has 1 aliphatic heterocycles. The number of nitrogens with one attached hydrogen (secondary N) is 1. The molecule has 1 aromatic heterocycles. The van der Waals surface area contributed by atoms with Crippen molar-refractivity contribution in [3.63, 3.8) is 0 Å². The Labute approximate surface area is 165 Å². The molecule has 1 aliphatic rings. The van der Waals surface area contributed by atoms with Gasteiger partial charge in [-0.05, 0) is 30.4 Å². The molecule has 3 rings (SSSR count). The lowest BCUT2D eigenvalue weighted by atomic mass is 9.91. The summed E-state index contributed by atoms with van der Waals surface area (Å²) in [4.78, 5) is 13.9. The first kappa shape index (κ1) is 20.3. The van der Waals surface area contributed by atoms with Crippen molar-refractivity contribution < 1.29 is 17.9 Å². The summed E-state index contributed by atoms with van der Waals surface area (Å²) >= 11 is 0. The Hall–Kier alpha value is -2.39. The molecule has 8 nitrogen and oxygen atoms in total. The van der Waals surface area contributed by atoms with Crippen LogP contribution in [0.5, 0.6) is 0 Å². The molecule has 2 unspecified atom stereocenters. The van der Waals surface area contributed by atoms with E-state index in [1.165, 1.54) is 7.11 Å². The molecule has 9 heteroatoms. The van der Waals surface area contributed by atoms with Crippen LogP contribution in [0.15, 0.2) is 36.7 Å². The maximum atomic E-state index is 12.3. The van der Waals surface area contributed by atoms with Crippen LogP contribution in [-0.2, 0) is 28.2 Å². The van der Waals surface area contributed by atoms with Gasteiger partial charge in [-0.3, -0.25) is 4.68 Å². The van der Waals surface area contributed by atoms with Crippen molar-refractivity contribution in [3.05, 3.63) is 42.2 Å². The number of ether oxygens (including phenoxy) is 1. The Morgan fingerprint density at radius 1 is 1.36 bits per heavy atom. The first-order valence-electron chi connectivity index (χ1n) is 9.16. The Morgan fingerprint density at radius 2 is 2.14 bits per heavy atom. The van der Waals surface area contributed by atoms with Crippen LogP contribution in [0.2, 0.25) is 0 Å². The van der Waals surface area contributed by atoms with Gasteiger partial charge in [0.05, 0.1) is 25.6 Å². The van der Waals surface area contributed by atoms with Crippen molar-refractivity contribution >= 4 is 16.1 Å². The zero-order valence-corrected chi connectivity index (χ0v) is 17.1. The largest absolute Gasteiger partial charge is 0.453 e. The number of carbonyl (C=O) groups excluding carboxylic acids is 1. The van der Waals surface area contributed by atoms with Gasteiger partial charge >= 0.3 is 6.09 Å². The minimum atomic E-state index is -3.39. The highest BCUT2D eigenvalue weighted by Gasteiger charge is 2.36. The molecule has 1 saturated heterocycles. The highest BCUT2D eigenvalue weighted by Crippen LogP contribution is 2.25. The SMILES string of the molecule is COC(=O)N1CCCC(NS(C)(=O)=O)C1Cc1cccc(-c2cnn(C)c2)c1. The summed E-state index contributed by atoms with van der Waals surface area (Å²) in [5.41, 5.74) is 3.05. The zero-order chi connectivity index (χ0) is 20.3. The number of sulfonamides is 1. The lowest BCUT2D eigenvalue weighted by molar-refractivity contribution is 0.0792. The number of nitrogens with zero attached hydrogens (tertiary/aromatic N) is 3. The number of methoxy groups -OCH3 is 1. The third-order valence-corrected chi connectivity index (χ3v) is 5.69. The number of amides is 1. The number of hydrogen-bond donors (Lipinski definition) is 1. The van der Waals surface area contributed by atoms with Crippen molar-refractivity contribution in [1.29, 1.82) is 0 Å². The number of carbonyl (C=O) groups is 1. The van der Waals surface area contributed by atoms with Gasteiger partial charge in [-0.2, -0.15) is 5.10 Å². The van der Waals surface area contributed by atoms with Crippen molar-refractivity contribution in [2.45, 2.75) is 31.3 Å². The van der Waals surface area contributed by atoms with Gasteiger partial charge in [-0.1, -0.05) is 24.3 Å². The predicted molar refractivity (Wildman–Crippen MR) is 106 cm³/mol. The van der Waals surface area contributed by atoms with E-state index in [4.69, 9.17) is 4.74 Å². The van der Waals surface area contributed by atoms with Crippen LogP contribution in [0, 0.1) is 0 Å². The van der Waals surface area contributed by atoms with E-state index in [0.717, 1.165) is 22.9 Å². The van der Waals surface area contributed by atoms with E-state index in [2.05, 4.69) is 15.9 Å². The summed E-state index contributed by atoms with van der Waals surface area (Å²) in [5, 5.41) is 4.21. The molecular weight excluding hydrogens is 380 g/mol. The van der Waals surface area contributed by atoms with E-state index in [0.29, 0.717) is 25.8 Å². The molecule has 1 N–H and O–H groups in total. The number of hydrogen-bond acceptors (Lipinski definition) is 5. The molecule has 0 bridgehead atoms. The molecule has 152 valence electrons. The normalized spacial score (nSPS) is 20.2. The Bertz CT molecular complexity index is 941. The molecule has 28 heavy (non-hydrogen) atoms. The average molecular weight is 407 g/mol. The summed E-state index contributed by atoms with van der Waals surface area (Å²) in [7, 11) is -0.184. The topological polar surface area (TPSA) is 93.5 Å². The van der Waals surface area contributed by atoms with E-state index in [9.17, 15) is 13.2 Å². The fourth-order valence-corrected chi connectivity index (χ4v) is 4.58. The predicted octanol–water partition coefficient (Wildman–Crippen LogP) is 1.78. The Balaban J connectivity index is 1.89. The van der Waals surface area contributed by atoms with Crippen LogP contribution in [0.1, 0.15) is 18.4 Å². The highest BCUT2D eigenvalue weighted by molar-refractivity contribution is 7.88. The molecular formula is C19H26N4O4S. The summed E-state index contributed by atoms with van der Waals surface area (Å²) in [6.45, 7) is 0.543. The second-order valence-corrected chi connectivity index (χ2v) is 8.96. The first-order chi connectivity index (χ1) is 13.3. The maximum absolute atomic E-state index is 12.3. The molecule has 0 aliphatic carbocycles. The quantitative estimate of drug-likeness (QED) is 0.817. The lowest BCUT2D eigenvalue weighted by Crippen LogP contribution is -2.57. The highest BCUT2D eigenvalue weighted by atomic mass is 32.2. The molecule has 2 atom stereocenters. The first-order valence-corrected chi connectivity index (χ1v) is 11.1. The van der Waals surface area contributed by atoms with Crippen LogP contribution >= 0.6 is 0 Å². The van der Waals surface area contributed by atoms with Crippen LogP contribution < -0.4 is 4.72 Å². The smallest absolute Gasteiger partial charge is 0.409 e. The van der Waals surface area contributed by atoms with E-state index in [1.807, 2.05) is 31.4 Å². The minimum Gasteiger partial charge on any atom is -0.453 e. The van der Waals surface area contributed by atoms with Gasteiger partial charge in [-0.25, -0.2) is 17.9 Å². The van der Waals surface area contributed by atoms with E-state index in [1.54, 1.807) is 15.8 Å². The fourth-order valence-electron chi connectivity index (χ4n) is 3.76. The van der Waals surface area contributed by atoms with Gasteiger partial charge in [0.1, 0.15) is 0 Å². The maximum Gasteiger partial charge on any atom is 0.409 e. The standard InChI is InChI=1S/C19H26N4O4S/c1-22-13-16(12-20-22)15-7-4-6-14(10-15)11-18-17(21-28(3,25)26)8-5-9-23(18)19(24)27-2/h4,6-7,10,12-13,17-18,21H,5,8-9,11H2,1-3H3. The van der Waals surface area contributed by atoms with Crippen molar-refractivity contribution in [3.8, 4) is 11.1 Å². The van der Waals surface area contributed by atoms with Gasteiger partial charge < -0.3 is 9.64 Å². The third-order valence-electron chi connectivity index (χ3n) is 4.96. The van der Waals surface area contributed by atoms with Crippen molar-refractivity contribution in [1.82, 2.24) is 19.4 Å². The third kappa shape index (κ3) is 4.90. The lowest BCUT2D eigenvalue weighted by Gasteiger charge is -2.40. The second kappa shape index (κ2) is 8.32. The number of aromatic nitrogens is 2. The zero-order valence-electron chi connectivity index (χ0n) is 16.3. The number of piperidine rings is 1. The van der Waals surface area contributed by atoms with Gasteiger partial charge in [0.2, 0.25) is 10.0 Å². The molecule has 0 saturated carbocycles. The number of benzene rings is 1. The molecule has 0 spiro atoms. The average Bonchev–Trinajstić information content (AvgIpc) is 3.08. The number of likely N-dealkylation sites (tertiary alicyclic amines) is 1. The van der Waals surface area contributed by atoms with Crippen LogP contribution in [0.3, 0.4) is 0 Å². The monoisotopic (exact) mass is 406 g/mol. The van der Waals surface area contributed by atoms with Gasteiger partial charge in [0.25, 0.3) is 0 Å². The van der Waals surface area contributed by atoms with E-state index in [-0.39, 0.29) is 12.1 Å². The van der Waals surface area contributed by atoms with Crippen molar-refractivity contribution in [2.24, 2.45) is 7.05 Å². The fraction of sp³-hybridized carbons (Fsp3) is 0.474. The molecule has 1 aromatic carbocycles. The van der Waals surface area contributed by atoms with E-state index >= 15 is 0 Å². The molecule has 1 fully saturated rings. The summed E-state index contributed by atoms with van der Waals surface area (Å²) in [5.74, 6) is 0.